The van der Waals surface area contributed by atoms with Gasteiger partial charge in [0.1, 0.15) is 5.75 Å². The van der Waals surface area contributed by atoms with Crippen molar-refractivity contribution in [3.63, 3.8) is 0 Å². The van der Waals surface area contributed by atoms with Crippen LogP contribution < -0.4 is 4.74 Å². The lowest BCUT2D eigenvalue weighted by Crippen LogP contribution is -1.93. The summed E-state index contributed by atoms with van der Waals surface area (Å²) in [4.78, 5) is 0. The van der Waals surface area contributed by atoms with E-state index in [2.05, 4.69) is 31.9 Å². The number of benzene rings is 2. The van der Waals surface area contributed by atoms with Gasteiger partial charge in [0.05, 0.1) is 0 Å². The highest BCUT2D eigenvalue weighted by Crippen LogP contribution is 2.30. The average Bonchev–Trinajstić information content (AvgIpc) is 2.34. The third-order valence-corrected chi connectivity index (χ3v) is 3.36. The number of halogens is 3. The van der Waals surface area contributed by atoms with E-state index in [1.165, 1.54) is 6.07 Å². The normalized spacial score (nSPS) is 10.3. The first-order valence-electron chi connectivity index (χ1n) is 4.97. The zero-order valence-electron chi connectivity index (χ0n) is 8.79. The summed E-state index contributed by atoms with van der Waals surface area (Å²) in [7, 11) is 0. The van der Waals surface area contributed by atoms with Crippen molar-refractivity contribution in [1.82, 2.24) is 0 Å². The van der Waals surface area contributed by atoms with Gasteiger partial charge in [-0.25, -0.2) is 4.39 Å². The Balaban J connectivity index is 2.32. The molecule has 0 aromatic heterocycles. The Morgan fingerprint density at radius 2 is 1.76 bits per heavy atom. The second-order valence-electron chi connectivity index (χ2n) is 3.42. The first-order chi connectivity index (χ1) is 8.20. The minimum atomic E-state index is -0.357. The van der Waals surface area contributed by atoms with E-state index in [0.29, 0.717) is 11.1 Å². The maximum atomic E-state index is 13.6. The van der Waals surface area contributed by atoms with Crippen LogP contribution in [0.3, 0.4) is 0 Å². The van der Waals surface area contributed by atoms with Gasteiger partial charge >= 0.3 is 0 Å². The monoisotopic (exact) mass is 358 g/mol. The molecule has 0 fully saturated rings. The second-order valence-corrected chi connectivity index (χ2v) is 4.89. The van der Waals surface area contributed by atoms with Crippen LogP contribution in [0, 0.1) is 5.82 Å². The van der Waals surface area contributed by atoms with Gasteiger partial charge in [0, 0.05) is 15.4 Å². The van der Waals surface area contributed by atoms with Gasteiger partial charge in [0.15, 0.2) is 11.6 Å². The minimum absolute atomic E-state index is 0.270. The lowest BCUT2D eigenvalue weighted by Gasteiger charge is -2.10. The Kier molecular flexibility index (Phi) is 4.18. The molecule has 0 unspecified atom stereocenters. The number of rotatable bonds is 3. The van der Waals surface area contributed by atoms with Crippen molar-refractivity contribution in [3.05, 3.63) is 58.3 Å². The molecule has 0 radical (unpaired) electrons. The molecule has 2 aromatic carbocycles. The number of ether oxygens (including phenoxy) is 1. The summed E-state index contributed by atoms with van der Waals surface area (Å²) >= 11 is 6.65. The van der Waals surface area contributed by atoms with E-state index in [9.17, 15) is 4.39 Å². The quantitative estimate of drug-likeness (QED) is 0.678. The molecule has 0 saturated carbocycles. The smallest absolute Gasteiger partial charge is 0.167 e. The van der Waals surface area contributed by atoms with Crippen LogP contribution in [-0.4, -0.2) is 0 Å². The van der Waals surface area contributed by atoms with Gasteiger partial charge in [0.25, 0.3) is 0 Å². The van der Waals surface area contributed by atoms with E-state index >= 15 is 0 Å². The van der Waals surface area contributed by atoms with Crippen LogP contribution in [0.1, 0.15) is 5.56 Å². The molecule has 88 valence electrons. The molecule has 0 aliphatic carbocycles. The molecule has 0 N–H and O–H groups in total. The number of para-hydroxylation sites is 1. The fraction of sp³-hybridized carbons (Fsp3) is 0.0769. The fourth-order valence-electron chi connectivity index (χ4n) is 1.39. The second kappa shape index (κ2) is 5.65. The van der Waals surface area contributed by atoms with Crippen LogP contribution in [0.2, 0.25) is 0 Å². The molecule has 0 aliphatic rings. The van der Waals surface area contributed by atoms with Crippen molar-refractivity contribution < 1.29 is 9.13 Å². The molecule has 0 heterocycles. The van der Waals surface area contributed by atoms with Crippen LogP contribution in [0.5, 0.6) is 11.5 Å². The van der Waals surface area contributed by atoms with Crippen LogP contribution in [0.25, 0.3) is 0 Å². The molecule has 17 heavy (non-hydrogen) atoms. The maximum absolute atomic E-state index is 13.6. The van der Waals surface area contributed by atoms with Crippen molar-refractivity contribution in [1.29, 1.82) is 0 Å². The van der Waals surface area contributed by atoms with E-state index in [1.807, 2.05) is 18.2 Å². The predicted molar refractivity (Wildman–Crippen MR) is 73.2 cm³/mol. The van der Waals surface area contributed by atoms with Gasteiger partial charge < -0.3 is 4.74 Å². The van der Waals surface area contributed by atoms with E-state index in [-0.39, 0.29) is 11.6 Å². The van der Waals surface area contributed by atoms with Crippen molar-refractivity contribution in [2.24, 2.45) is 0 Å². The summed E-state index contributed by atoms with van der Waals surface area (Å²) in [5.74, 6) is 0.525. The SMILES string of the molecule is Fc1cccc(CBr)c1Oc1ccc(Br)cc1. The van der Waals surface area contributed by atoms with Crippen LogP contribution in [0.15, 0.2) is 46.9 Å². The van der Waals surface area contributed by atoms with E-state index < -0.39 is 0 Å². The molecule has 2 aromatic rings. The maximum Gasteiger partial charge on any atom is 0.167 e. The third kappa shape index (κ3) is 3.07. The first kappa shape index (κ1) is 12.6. The lowest BCUT2D eigenvalue weighted by molar-refractivity contribution is 0.438. The van der Waals surface area contributed by atoms with Crippen LogP contribution in [0.4, 0.5) is 4.39 Å². The Labute approximate surface area is 116 Å². The van der Waals surface area contributed by atoms with Crippen LogP contribution >= 0.6 is 31.9 Å². The molecule has 0 amide bonds. The summed E-state index contributed by atoms with van der Waals surface area (Å²) in [6, 6.07) is 12.2. The molecule has 0 spiro atoms. The minimum Gasteiger partial charge on any atom is -0.454 e. The zero-order chi connectivity index (χ0) is 12.3. The fourth-order valence-corrected chi connectivity index (χ4v) is 2.10. The number of hydrogen-bond acceptors (Lipinski definition) is 1. The number of hydrogen-bond donors (Lipinski definition) is 0. The van der Waals surface area contributed by atoms with Crippen molar-refractivity contribution in [2.75, 3.05) is 0 Å². The van der Waals surface area contributed by atoms with Crippen molar-refractivity contribution in [3.8, 4) is 11.5 Å². The average molecular weight is 360 g/mol. The standard InChI is InChI=1S/C13H9Br2FO/c14-8-9-2-1-3-12(16)13(9)17-11-6-4-10(15)5-7-11/h1-7H,8H2. The summed E-state index contributed by atoms with van der Waals surface area (Å²) in [5.41, 5.74) is 0.785. The Hall–Kier alpha value is -0.870. The third-order valence-electron chi connectivity index (χ3n) is 2.23. The van der Waals surface area contributed by atoms with E-state index in [1.54, 1.807) is 18.2 Å². The molecular weight excluding hydrogens is 351 g/mol. The van der Waals surface area contributed by atoms with Gasteiger partial charge in [0.2, 0.25) is 0 Å². The lowest BCUT2D eigenvalue weighted by atomic mass is 10.2. The largest absolute Gasteiger partial charge is 0.454 e. The molecule has 0 atom stereocenters. The summed E-state index contributed by atoms with van der Waals surface area (Å²) in [6.45, 7) is 0. The highest BCUT2D eigenvalue weighted by Gasteiger charge is 2.09. The molecule has 1 nitrogen and oxygen atoms in total. The first-order valence-corrected chi connectivity index (χ1v) is 6.89. The summed E-state index contributed by atoms with van der Waals surface area (Å²) in [6.07, 6.45) is 0. The Morgan fingerprint density at radius 1 is 1.06 bits per heavy atom. The van der Waals surface area contributed by atoms with Crippen LogP contribution in [-0.2, 0) is 5.33 Å². The van der Waals surface area contributed by atoms with Gasteiger partial charge in [-0.1, -0.05) is 44.0 Å². The highest BCUT2D eigenvalue weighted by atomic mass is 79.9. The molecule has 4 heteroatoms. The molecule has 0 bridgehead atoms. The van der Waals surface area contributed by atoms with E-state index in [0.717, 1.165) is 10.0 Å². The molecule has 0 saturated heterocycles. The van der Waals surface area contributed by atoms with Crippen molar-refractivity contribution >= 4 is 31.9 Å². The molecular formula is C13H9Br2FO. The zero-order valence-corrected chi connectivity index (χ0v) is 12.0. The number of alkyl halides is 1. The summed E-state index contributed by atoms with van der Waals surface area (Å²) in [5, 5.41) is 0.552. The molecule has 2 rings (SSSR count). The molecule has 0 aliphatic heterocycles. The highest BCUT2D eigenvalue weighted by molar-refractivity contribution is 9.10. The summed E-state index contributed by atoms with van der Waals surface area (Å²) < 4.78 is 20.2. The van der Waals surface area contributed by atoms with E-state index in [4.69, 9.17) is 4.74 Å². The van der Waals surface area contributed by atoms with Gasteiger partial charge in [-0.05, 0) is 30.3 Å². The topological polar surface area (TPSA) is 9.23 Å². The van der Waals surface area contributed by atoms with Crippen molar-refractivity contribution in [2.45, 2.75) is 5.33 Å². The van der Waals surface area contributed by atoms with Gasteiger partial charge in [-0.3, -0.25) is 0 Å². The Bertz CT molecular complexity index is 511. The van der Waals surface area contributed by atoms with Gasteiger partial charge in [-0.15, -0.1) is 0 Å². The van der Waals surface area contributed by atoms with Gasteiger partial charge in [-0.2, -0.15) is 0 Å². The Morgan fingerprint density at radius 3 is 2.41 bits per heavy atom. The predicted octanol–water partition coefficient (Wildman–Crippen LogP) is 5.28.